The molecule has 28 heavy (non-hydrogen) atoms. The van der Waals surface area contributed by atoms with E-state index in [1.165, 1.54) is 0 Å². The predicted octanol–water partition coefficient (Wildman–Crippen LogP) is 2.71. The molecule has 4 heterocycles. The Labute approximate surface area is 162 Å². The van der Waals surface area contributed by atoms with Gasteiger partial charge in [-0.2, -0.15) is 0 Å². The summed E-state index contributed by atoms with van der Waals surface area (Å²) >= 11 is 0. The van der Waals surface area contributed by atoms with Crippen molar-refractivity contribution >= 4 is 23.3 Å². The maximum Gasteiger partial charge on any atom is 0.218 e. The van der Waals surface area contributed by atoms with Crippen LogP contribution in [-0.4, -0.2) is 42.7 Å². The molecule has 5 heteroatoms. The first-order chi connectivity index (χ1) is 13.7. The second-order valence-corrected chi connectivity index (χ2v) is 7.84. The average molecular weight is 373 g/mol. The van der Waals surface area contributed by atoms with Crippen LogP contribution in [0.5, 0.6) is 0 Å². The highest BCUT2D eigenvalue weighted by molar-refractivity contribution is 6.05. The number of rotatable bonds is 2. The normalized spacial score (nSPS) is 34.7. The standard InChI is InChI=1S/C23H19NO4/c25-21(14-7-2-1-3-8-14)20-19-17-12-27-23(28-17)22(26)18(19)16-11-10-13-6-4-5-9-15(13)24(16)20/h1-11,16-20,23H,12H2/t16-,17+,18-,19-,20-,23+/m1/s1. The van der Waals surface area contributed by atoms with Crippen molar-refractivity contribution in [3.05, 3.63) is 71.8 Å². The molecular formula is C23H19NO4. The highest BCUT2D eigenvalue weighted by Crippen LogP contribution is 2.50. The summed E-state index contributed by atoms with van der Waals surface area (Å²) in [5, 5.41) is 0. The second-order valence-electron chi connectivity index (χ2n) is 7.84. The Bertz CT molecular complexity index is 1000. The van der Waals surface area contributed by atoms with E-state index in [1.807, 2.05) is 54.6 Å². The van der Waals surface area contributed by atoms with Crippen LogP contribution >= 0.6 is 0 Å². The Morgan fingerprint density at radius 2 is 1.82 bits per heavy atom. The van der Waals surface area contributed by atoms with E-state index in [1.54, 1.807) is 0 Å². The van der Waals surface area contributed by atoms with Crippen molar-refractivity contribution < 1.29 is 19.1 Å². The van der Waals surface area contributed by atoms with Crippen molar-refractivity contribution in [3.63, 3.8) is 0 Å². The summed E-state index contributed by atoms with van der Waals surface area (Å²) in [5.41, 5.74) is 2.73. The Balaban J connectivity index is 1.53. The highest BCUT2D eigenvalue weighted by atomic mass is 16.7. The number of carbonyl (C=O) groups excluding carboxylic acids is 2. The number of Topliss-reactive ketones (excluding diaryl/α,β-unsaturated/α-hetero) is 2. The summed E-state index contributed by atoms with van der Waals surface area (Å²) in [6.07, 6.45) is 3.11. The average Bonchev–Trinajstić information content (AvgIpc) is 3.33. The van der Waals surface area contributed by atoms with E-state index in [0.717, 1.165) is 11.3 Å². The number of ether oxygens (including phenoxy) is 2. The Hall–Kier alpha value is -2.76. The molecule has 4 aliphatic rings. The Morgan fingerprint density at radius 1 is 1.04 bits per heavy atom. The maximum atomic E-state index is 13.7. The monoisotopic (exact) mass is 373 g/mol. The first-order valence-corrected chi connectivity index (χ1v) is 9.70. The van der Waals surface area contributed by atoms with Gasteiger partial charge in [0.05, 0.1) is 30.7 Å². The zero-order valence-electron chi connectivity index (χ0n) is 15.1. The number of para-hydroxylation sites is 1. The van der Waals surface area contributed by atoms with Crippen LogP contribution in [0, 0.1) is 11.8 Å². The van der Waals surface area contributed by atoms with E-state index in [9.17, 15) is 9.59 Å². The number of fused-ring (bicyclic) bond motifs is 8. The van der Waals surface area contributed by atoms with Crippen LogP contribution in [0.25, 0.3) is 6.08 Å². The number of hydrogen-bond donors (Lipinski definition) is 0. The number of hydrogen-bond acceptors (Lipinski definition) is 5. The van der Waals surface area contributed by atoms with E-state index in [0.29, 0.717) is 12.2 Å². The Kier molecular flexibility index (Phi) is 3.40. The number of anilines is 1. The van der Waals surface area contributed by atoms with E-state index in [4.69, 9.17) is 9.47 Å². The first-order valence-electron chi connectivity index (χ1n) is 9.70. The molecule has 0 unspecified atom stereocenters. The first kappa shape index (κ1) is 16.2. The predicted molar refractivity (Wildman–Crippen MR) is 103 cm³/mol. The molecule has 0 N–H and O–H groups in total. The molecule has 2 aromatic rings. The number of ketones is 2. The summed E-state index contributed by atoms with van der Waals surface area (Å²) in [5.74, 6) is -0.528. The highest BCUT2D eigenvalue weighted by Gasteiger charge is 2.63. The van der Waals surface area contributed by atoms with Crippen molar-refractivity contribution in [2.75, 3.05) is 11.5 Å². The van der Waals surface area contributed by atoms with Gasteiger partial charge in [0.15, 0.2) is 11.6 Å². The minimum atomic E-state index is -0.788. The van der Waals surface area contributed by atoms with E-state index in [2.05, 4.69) is 17.1 Å². The van der Waals surface area contributed by atoms with E-state index < -0.39 is 12.3 Å². The van der Waals surface area contributed by atoms with Crippen LogP contribution in [0.4, 0.5) is 5.69 Å². The van der Waals surface area contributed by atoms with E-state index in [-0.39, 0.29) is 35.5 Å². The maximum absolute atomic E-state index is 13.7. The fourth-order valence-corrected chi connectivity index (χ4v) is 5.35. The van der Waals surface area contributed by atoms with Crippen LogP contribution < -0.4 is 4.90 Å². The molecule has 3 saturated heterocycles. The van der Waals surface area contributed by atoms with Gasteiger partial charge in [-0.05, 0) is 11.6 Å². The second kappa shape index (κ2) is 5.87. The number of benzene rings is 2. The molecule has 5 nitrogen and oxygen atoms in total. The molecule has 6 atom stereocenters. The molecule has 140 valence electrons. The third-order valence-corrected chi connectivity index (χ3v) is 6.48. The van der Waals surface area contributed by atoms with Crippen LogP contribution in [0.2, 0.25) is 0 Å². The van der Waals surface area contributed by atoms with Crippen molar-refractivity contribution in [3.8, 4) is 0 Å². The Morgan fingerprint density at radius 3 is 2.68 bits per heavy atom. The molecule has 2 aromatic carbocycles. The fourth-order valence-electron chi connectivity index (χ4n) is 5.35. The quantitative estimate of drug-likeness (QED) is 0.758. The molecule has 2 bridgehead atoms. The molecule has 0 aliphatic carbocycles. The van der Waals surface area contributed by atoms with Gasteiger partial charge in [0.2, 0.25) is 6.29 Å². The molecule has 0 saturated carbocycles. The van der Waals surface area contributed by atoms with Gasteiger partial charge in [0.25, 0.3) is 0 Å². The minimum Gasteiger partial charge on any atom is -0.353 e. The summed E-state index contributed by atoms with van der Waals surface area (Å²) in [6.45, 7) is 0.363. The third-order valence-electron chi connectivity index (χ3n) is 6.48. The molecule has 0 radical (unpaired) electrons. The molecule has 4 aliphatic heterocycles. The molecule has 0 aromatic heterocycles. The summed E-state index contributed by atoms with van der Waals surface area (Å²) in [6, 6.07) is 16.8. The van der Waals surface area contributed by atoms with Gasteiger partial charge < -0.3 is 14.4 Å². The topological polar surface area (TPSA) is 55.8 Å². The zero-order valence-corrected chi connectivity index (χ0v) is 15.1. The minimum absolute atomic E-state index is 0.0324. The van der Waals surface area contributed by atoms with Gasteiger partial charge in [-0.3, -0.25) is 9.59 Å². The molecule has 3 fully saturated rings. The lowest BCUT2D eigenvalue weighted by atomic mass is 9.77. The van der Waals surface area contributed by atoms with E-state index >= 15 is 0 Å². The SMILES string of the molecule is O=C1[C@H]2OC[C@H](O2)[C@@H]2[C@H]1[C@H]1C=Cc3ccccc3N1[C@H]2C(=O)c1ccccc1. The fraction of sp³-hybridized carbons (Fsp3) is 0.304. The van der Waals surface area contributed by atoms with Crippen LogP contribution in [0.1, 0.15) is 15.9 Å². The van der Waals surface area contributed by atoms with Gasteiger partial charge in [0, 0.05) is 17.2 Å². The largest absolute Gasteiger partial charge is 0.353 e. The van der Waals surface area contributed by atoms with Crippen LogP contribution in [-0.2, 0) is 14.3 Å². The lowest BCUT2D eigenvalue weighted by Gasteiger charge is -2.35. The van der Waals surface area contributed by atoms with Crippen molar-refractivity contribution in [1.29, 1.82) is 0 Å². The number of nitrogens with zero attached hydrogens (tertiary/aromatic N) is 1. The third kappa shape index (κ3) is 2.09. The van der Waals surface area contributed by atoms with Gasteiger partial charge in [-0.25, -0.2) is 0 Å². The van der Waals surface area contributed by atoms with Crippen LogP contribution in [0.15, 0.2) is 60.7 Å². The lowest BCUT2D eigenvalue weighted by molar-refractivity contribution is -0.163. The van der Waals surface area contributed by atoms with Gasteiger partial charge in [-0.1, -0.05) is 60.7 Å². The van der Waals surface area contributed by atoms with Crippen molar-refractivity contribution in [2.45, 2.75) is 24.5 Å². The summed E-state index contributed by atoms with van der Waals surface area (Å²) < 4.78 is 11.4. The smallest absolute Gasteiger partial charge is 0.218 e. The van der Waals surface area contributed by atoms with Crippen LogP contribution in [0.3, 0.4) is 0 Å². The van der Waals surface area contributed by atoms with Crippen molar-refractivity contribution in [1.82, 2.24) is 0 Å². The summed E-state index contributed by atoms with van der Waals surface area (Å²) in [7, 11) is 0. The van der Waals surface area contributed by atoms with Crippen molar-refractivity contribution in [2.24, 2.45) is 11.8 Å². The molecule has 0 amide bonds. The molecular weight excluding hydrogens is 354 g/mol. The lowest BCUT2D eigenvalue weighted by Crippen LogP contribution is -2.48. The van der Waals surface area contributed by atoms with Gasteiger partial charge >= 0.3 is 0 Å². The molecule has 0 spiro atoms. The summed E-state index contributed by atoms with van der Waals surface area (Å²) in [4.78, 5) is 28.9. The zero-order chi connectivity index (χ0) is 18.8. The number of carbonyl (C=O) groups is 2. The van der Waals surface area contributed by atoms with Gasteiger partial charge in [-0.15, -0.1) is 0 Å². The molecule has 6 rings (SSSR count). The van der Waals surface area contributed by atoms with Gasteiger partial charge in [0.1, 0.15) is 0 Å².